The lowest BCUT2D eigenvalue weighted by Gasteiger charge is -2.27. The molecule has 32 heavy (non-hydrogen) atoms. The first kappa shape index (κ1) is 21.2. The van der Waals surface area contributed by atoms with Crippen molar-refractivity contribution in [2.24, 2.45) is 5.73 Å². The van der Waals surface area contributed by atoms with Crippen LogP contribution in [-0.2, 0) is 19.9 Å². The molecule has 1 atom stereocenters. The first-order valence-corrected chi connectivity index (χ1v) is 9.92. The number of aliphatic carboxylic acids is 1. The second-order valence-corrected chi connectivity index (χ2v) is 7.67. The van der Waals surface area contributed by atoms with Crippen molar-refractivity contribution >= 4 is 17.6 Å². The maximum absolute atomic E-state index is 13.1. The van der Waals surface area contributed by atoms with Gasteiger partial charge in [0.2, 0.25) is 0 Å². The van der Waals surface area contributed by atoms with Gasteiger partial charge in [-0.25, -0.2) is 4.79 Å². The second-order valence-electron chi connectivity index (χ2n) is 7.67. The summed E-state index contributed by atoms with van der Waals surface area (Å²) in [7, 11) is 0. The molecule has 0 saturated heterocycles. The van der Waals surface area contributed by atoms with E-state index in [9.17, 15) is 24.8 Å². The van der Waals surface area contributed by atoms with Crippen molar-refractivity contribution in [2.75, 3.05) is 6.61 Å². The molecule has 0 radical (unpaired) electrons. The van der Waals surface area contributed by atoms with Crippen molar-refractivity contribution in [3.63, 3.8) is 0 Å². The first-order chi connectivity index (χ1) is 15.3. The van der Waals surface area contributed by atoms with E-state index in [-0.39, 0.29) is 23.8 Å². The van der Waals surface area contributed by atoms with Gasteiger partial charge in [0.05, 0.1) is 11.3 Å². The van der Waals surface area contributed by atoms with Crippen LogP contribution in [0.25, 0.3) is 11.1 Å². The quantitative estimate of drug-likeness (QED) is 0.331. The zero-order valence-corrected chi connectivity index (χ0v) is 16.9. The normalized spacial score (nSPS) is 14.2. The lowest BCUT2D eigenvalue weighted by Crippen LogP contribution is -2.48. The zero-order valence-electron chi connectivity index (χ0n) is 16.9. The third-order valence-electron chi connectivity index (χ3n) is 5.71. The molecule has 0 fully saturated rings. The van der Waals surface area contributed by atoms with E-state index >= 15 is 0 Å². The minimum atomic E-state index is -2.07. The fourth-order valence-electron chi connectivity index (χ4n) is 4.15. The SMILES string of the molecule is N[C@@](CC(=O)O)(C(=O)OCC1c2ccccc2-c2ccccc21)c1cccc([N+](=O)[O-])c1. The number of carboxylic acids is 1. The molecule has 0 aromatic heterocycles. The van der Waals surface area contributed by atoms with Crippen molar-refractivity contribution in [1.82, 2.24) is 0 Å². The van der Waals surface area contributed by atoms with Gasteiger partial charge in [0, 0.05) is 18.1 Å². The number of hydrogen-bond acceptors (Lipinski definition) is 6. The Labute approximate surface area is 183 Å². The van der Waals surface area contributed by atoms with Crippen molar-refractivity contribution in [3.8, 4) is 11.1 Å². The van der Waals surface area contributed by atoms with Gasteiger partial charge in [-0.3, -0.25) is 14.9 Å². The summed E-state index contributed by atoms with van der Waals surface area (Å²) in [6.45, 7) is -0.0413. The molecule has 3 N–H and O–H groups in total. The van der Waals surface area contributed by atoms with Crippen molar-refractivity contribution in [3.05, 3.63) is 99.6 Å². The van der Waals surface area contributed by atoms with Gasteiger partial charge in [-0.2, -0.15) is 0 Å². The van der Waals surface area contributed by atoms with Gasteiger partial charge >= 0.3 is 11.9 Å². The number of esters is 1. The molecule has 162 valence electrons. The number of nitrogens with two attached hydrogens (primary N) is 1. The molecule has 0 unspecified atom stereocenters. The third kappa shape index (κ3) is 3.72. The van der Waals surface area contributed by atoms with Crippen molar-refractivity contribution < 1.29 is 24.4 Å². The van der Waals surface area contributed by atoms with Gasteiger partial charge in [-0.15, -0.1) is 0 Å². The van der Waals surface area contributed by atoms with Crippen molar-refractivity contribution in [1.29, 1.82) is 0 Å². The minimum Gasteiger partial charge on any atom is -0.481 e. The molecule has 3 aromatic rings. The summed E-state index contributed by atoms with van der Waals surface area (Å²) in [5.41, 5.74) is 7.96. The second kappa shape index (κ2) is 8.24. The Balaban J connectivity index is 1.63. The van der Waals surface area contributed by atoms with E-state index in [1.54, 1.807) is 0 Å². The molecule has 1 aliphatic carbocycles. The molecule has 8 heteroatoms. The predicted molar refractivity (Wildman–Crippen MR) is 116 cm³/mol. The molecule has 1 aliphatic rings. The highest BCUT2D eigenvalue weighted by Gasteiger charge is 2.42. The first-order valence-electron chi connectivity index (χ1n) is 9.92. The van der Waals surface area contributed by atoms with Crippen LogP contribution >= 0.6 is 0 Å². The van der Waals surface area contributed by atoms with Crippen LogP contribution in [0.5, 0.6) is 0 Å². The largest absolute Gasteiger partial charge is 0.481 e. The van der Waals surface area contributed by atoms with Gasteiger partial charge < -0.3 is 15.6 Å². The monoisotopic (exact) mass is 432 g/mol. The number of fused-ring (bicyclic) bond motifs is 3. The average molecular weight is 432 g/mol. The highest BCUT2D eigenvalue weighted by atomic mass is 16.6. The Morgan fingerprint density at radius 3 is 2.16 bits per heavy atom. The van der Waals surface area contributed by atoms with Crippen LogP contribution < -0.4 is 5.73 Å². The van der Waals surface area contributed by atoms with Gasteiger partial charge in [-0.05, 0) is 27.8 Å². The summed E-state index contributed by atoms with van der Waals surface area (Å²) in [4.78, 5) is 35.1. The van der Waals surface area contributed by atoms with Crippen LogP contribution in [0.2, 0.25) is 0 Å². The highest BCUT2D eigenvalue weighted by Crippen LogP contribution is 2.44. The fraction of sp³-hybridized carbons (Fsp3) is 0.167. The van der Waals surface area contributed by atoms with E-state index in [1.165, 1.54) is 18.2 Å². The Hall–Kier alpha value is -4.04. The van der Waals surface area contributed by atoms with Gasteiger partial charge in [0.15, 0.2) is 5.54 Å². The van der Waals surface area contributed by atoms with Crippen LogP contribution in [0.1, 0.15) is 29.0 Å². The summed E-state index contributed by atoms with van der Waals surface area (Å²) in [5, 5.41) is 20.5. The molecule has 0 amide bonds. The lowest BCUT2D eigenvalue weighted by atomic mass is 9.87. The number of ether oxygens (including phenoxy) is 1. The summed E-state index contributed by atoms with van der Waals surface area (Å²) < 4.78 is 5.56. The molecule has 0 saturated carbocycles. The fourth-order valence-corrected chi connectivity index (χ4v) is 4.15. The number of carbonyl (C=O) groups excluding carboxylic acids is 1. The predicted octanol–water partition coefficient (Wildman–Crippen LogP) is 3.58. The summed E-state index contributed by atoms with van der Waals surface area (Å²) in [6.07, 6.45) is -0.773. The molecule has 0 aliphatic heterocycles. The smallest absolute Gasteiger partial charge is 0.331 e. The number of benzene rings is 3. The van der Waals surface area contributed by atoms with E-state index in [0.717, 1.165) is 28.3 Å². The number of nitrogens with zero attached hydrogens (tertiary/aromatic N) is 1. The Bertz CT molecular complexity index is 1180. The minimum absolute atomic E-state index is 0.00585. The Kier molecular flexibility index (Phi) is 5.46. The number of carbonyl (C=O) groups is 2. The number of nitro groups is 1. The van der Waals surface area contributed by atoms with Gasteiger partial charge in [0.1, 0.15) is 6.61 Å². The number of non-ortho nitro benzene ring substituents is 1. The van der Waals surface area contributed by atoms with Crippen molar-refractivity contribution in [2.45, 2.75) is 17.9 Å². The highest BCUT2D eigenvalue weighted by molar-refractivity contribution is 5.88. The standard InChI is InChI=1S/C24H20N2O6/c25-24(13-22(27)28,15-6-5-7-16(12-15)26(30)31)23(29)32-14-21-19-10-3-1-8-17(19)18-9-2-4-11-20(18)21/h1-12,21H,13-14,25H2,(H,27,28)/t24-/m1/s1. The van der Waals surface area contributed by atoms with Crippen LogP contribution in [-0.4, -0.2) is 28.6 Å². The van der Waals surface area contributed by atoms with E-state index in [2.05, 4.69) is 0 Å². The molecular formula is C24H20N2O6. The maximum atomic E-state index is 13.1. The topological polar surface area (TPSA) is 133 Å². The summed E-state index contributed by atoms with van der Waals surface area (Å²) >= 11 is 0. The number of hydrogen-bond donors (Lipinski definition) is 2. The van der Waals surface area contributed by atoms with Crippen LogP contribution in [0.15, 0.2) is 72.8 Å². The molecule has 4 rings (SSSR count). The van der Waals surface area contributed by atoms with E-state index in [4.69, 9.17) is 10.5 Å². The number of rotatable bonds is 7. The maximum Gasteiger partial charge on any atom is 0.331 e. The number of nitro benzene ring substituents is 1. The molecular weight excluding hydrogens is 412 g/mol. The van der Waals surface area contributed by atoms with Crippen LogP contribution in [0.3, 0.4) is 0 Å². The Morgan fingerprint density at radius 2 is 1.59 bits per heavy atom. The summed E-state index contributed by atoms with van der Waals surface area (Å²) in [6, 6.07) is 20.7. The van der Waals surface area contributed by atoms with Crippen LogP contribution in [0.4, 0.5) is 5.69 Å². The third-order valence-corrected chi connectivity index (χ3v) is 5.71. The zero-order chi connectivity index (χ0) is 22.9. The lowest BCUT2D eigenvalue weighted by molar-refractivity contribution is -0.385. The van der Waals surface area contributed by atoms with Crippen LogP contribution in [0, 0.1) is 10.1 Å². The molecule has 0 bridgehead atoms. The molecule has 3 aromatic carbocycles. The molecule has 0 spiro atoms. The Morgan fingerprint density at radius 1 is 1.00 bits per heavy atom. The molecule has 0 heterocycles. The summed E-state index contributed by atoms with van der Waals surface area (Å²) in [5.74, 6) is -2.51. The van der Waals surface area contributed by atoms with Gasteiger partial charge in [-0.1, -0.05) is 60.7 Å². The molecule has 8 nitrogen and oxygen atoms in total. The van der Waals surface area contributed by atoms with Gasteiger partial charge in [0.25, 0.3) is 5.69 Å². The van der Waals surface area contributed by atoms with E-state index in [1.807, 2.05) is 48.5 Å². The van der Waals surface area contributed by atoms with E-state index in [0.29, 0.717) is 0 Å². The average Bonchev–Trinajstić information content (AvgIpc) is 3.10. The number of carboxylic acid groups (broad SMARTS) is 1. The van der Waals surface area contributed by atoms with E-state index < -0.39 is 28.8 Å².